The highest BCUT2D eigenvalue weighted by atomic mass is 16.4. The summed E-state index contributed by atoms with van der Waals surface area (Å²) in [7, 11) is 0. The highest BCUT2D eigenvalue weighted by molar-refractivity contribution is 5.66. The number of hydrogen-bond acceptors (Lipinski definition) is 2. The molecule has 0 saturated carbocycles. The molecule has 3 heteroatoms. The van der Waals surface area contributed by atoms with Crippen LogP contribution in [0.1, 0.15) is 32.1 Å². The Labute approximate surface area is 72.4 Å². The van der Waals surface area contributed by atoms with Gasteiger partial charge in [-0.1, -0.05) is 12.3 Å². The van der Waals surface area contributed by atoms with E-state index in [0.717, 1.165) is 25.7 Å². The molecule has 12 heavy (non-hydrogen) atoms. The first-order valence-electron chi connectivity index (χ1n) is 4.05. The summed E-state index contributed by atoms with van der Waals surface area (Å²) in [6.07, 6.45) is 3.52. The Bertz CT molecular complexity index is 176. The summed E-state index contributed by atoms with van der Waals surface area (Å²) >= 11 is 0. The molecule has 0 rings (SSSR count). The molecule has 0 radical (unpaired) electrons. The van der Waals surface area contributed by atoms with Crippen LogP contribution in [0.3, 0.4) is 0 Å². The number of aliphatic hydroxyl groups excluding tert-OH is 1. The number of hydrogen-bond donors (Lipinski definition) is 2. The van der Waals surface area contributed by atoms with Gasteiger partial charge in [-0.05, 0) is 12.8 Å². The molecule has 0 aliphatic heterocycles. The van der Waals surface area contributed by atoms with Crippen LogP contribution in [0, 0.1) is 11.8 Å². The molecule has 0 aromatic carbocycles. The van der Waals surface area contributed by atoms with Gasteiger partial charge in [-0.25, -0.2) is 0 Å². The van der Waals surface area contributed by atoms with E-state index in [0.29, 0.717) is 0 Å². The van der Waals surface area contributed by atoms with Crippen molar-refractivity contribution in [3.8, 4) is 11.8 Å². The summed E-state index contributed by atoms with van der Waals surface area (Å²) in [5.41, 5.74) is 0. The van der Waals surface area contributed by atoms with Gasteiger partial charge in [0, 0.05) is 12.8 Å². The van der Waals surface area contributed by atoms with E-state index in [1.165, 1.54) is 0 Å². The van der Waals surface area contributed by atoms with Crippen molar-refractivity contribution in [3.05, 3.63) is 0 Å². The SMILES string of the molecule is O=C(O)CCCCCC#CCO. The second-order valence-electron chi connectivity index (χ2n) is 2.47. The van der Waals surface area contributed by atoms with E-state index in [1.807, 2.05) is 0 Å². The monoisotopic (exact) mass is 170 g/mol. The molecule has 0 fully saturated rings. The fraction of sp³-hybridized carbons (Fsp3) is 0.667. The first-order chi connectivity index (χ1) is 5.77. The largest absolute Gasteiger partial charge is 0.481 e. The van der Waals surface area contributed by atoms with Gasteiger partial charge in [-0.3, -0.25) is 4.79 Å². The summed E-state index contributed by atoms with van der Waals surface area (Å²) in [4.78, 5) is 10.1. The topological polar surface area (TPSA) is 57.5 Å². The third-order valence-electron chi connectivity index (χ3n) is 1.40. The van der Waals surface area contributed by atoms with E-state index in [-0.39, 0.29) is 13.0 Å². The van der Waals surface area contributed by atoms with Crippen molar-refractivity contribution in [3.63, 3.8) is 0 Å². The molecule has 68 valence electrons. The number of carbonyl (C=O) groups is 1. The van der Waals surface area contributed by atoms with Crippen LogP contribution in [0.5, 0.6) is 0 Å². The molecule has 0 heterocycles. The van der Waals surface area contributed by atoms with Crippen LogP contribution in [-0.2, 0) is 4.79 Å². The predicted octanol–water partition coefficient (Wildman–Crippen LogP) is 1.02. The van der Waals surface area contributed by atoms with Crippen LogP contribution in [0.4, 0.5) is 0 Å². The molecule has 0 bridgehead atoms. The van der Waals surface area contributed by atoms with Gasteiger partial charge in [0.05, 0.1) is 0 Å². The third-order valence-corrected chi connectivity index (χ3v) is 1.40. The quantitative estimate of drug-likeness (QED) is 0.478. The van der Waals surface area contributed by atoms with E-state index in [1.54, 1.807) is 0 Å². The molecule has 0 aliphatic carbocycles. The Morgan fingerprint density at radius 1 is 1.17 bits per heavy atom. The number of unbranched alkanes of at least 4 members (excludes halogenated alkanes) is 3. The summed E-state index contributed by atoms with van der Waals surface area (Å²) in [6.45, 7) is -0.0882. The van der Waals surface area contributed by atoms with Gasteiger partial charge < -0.3 is 10.2 Å². The van der Waals surface area contributed by atoms with Crippen molar-refractivity contribution < 1.29 is 15.0 Å². The number of aliphatic carboxylic acids is 1. The zero-order valence-electron chi connectivity index (χ0n) is 7.05. The zero-order chi connectivity index (χ0) is 9.23. The average Bonchev–Trinajstić information content (AvgIpc) is 2.02. The Morgan fingerprint density at radius 3 is 2.50 bits per heavy atom. The lowest BCUT2D eigenvalue weighted by Crippen LogP contribution is -1.93. The van der Waals surface area contributed by atoms with Crippen LogP contribution < -0.4 is 0 Å². The van der Waals surface area contributed by atoms with Crippen molar-refractivity contribution in [2.45, 2.75) is 32.1 Å². The number of carboxylic acid groups (broad SMARTS) is 1. The molecule has 0 atom stereocenters. The summed E-state index contributed by atoms with van der Waals surface area (Å²) in [5, 5.41) is 16.6. The Hall–Kier alpha value is -1.01. The average molecular weight is 170 g/mol. The van der Waals surface area contributed by atoms with Crippen molar-refractivity contribution >= 4 is 5.97 Å². The van der Waals surface area contributed by atoms with Crippen LogP contribution in [-0.4, -0.2) is 22.8 Å². The van der Waals surface area contributed by atoms with E-state index < -0.39 is 5.97 Å². The minimum atomic E-state index is -0.739. The minimum absolute atomic E-state index is 0.0882. The van der Waals surface area contributed by atoms with Gasteiger partial charge in [0.15, 0.2) is 0 Å². The third kappa shape index (κ3) is 8.99. The van der Waals surface area contributed by atoms with Gasteiger partial charge >= 0.3 is 5.97 Å². The van der Waals surface area contributed by atoms with E-state index in [2.05, 4.69) is 11.8 Å². The first-order valence-corrected chi connectivity index (χ1v) is 4.05. The molecule has 2 N–H and O–H groups in total. The van der Waals surface area contributed by atoms with Crippen molar-refractivity contribution in [2.24, 2.45) is 0 Å². The van der Waals surface area contributed by atoms with Crippen molar-refractivity contribution in [2.75, 3.05) is 6.61 Å². The molecule has 0 aromatic rings. The second-order valence-corrected chi connectivity index (χ2v) is 2.47. The molecular formula is C9H14O3. The lowest BCUT2D eigenvalue weighted by atomic mass is 10.1. The highest BCUT2D eigenvalue weighted by Gasteiger charge is 1.94. The van der Waals surface area contributed by atoms with Crippen LogP contribution in [0.25, 0.3) is 0 Å². The first kappa shape index (κ1) is 11.0. The maximum absolute atomic E-state index is 10.1. The van der Waals surface area contributed by atoms with Gasteiger partial charge in [-0.2, -0.15) is 0 Å². The molecule has 0 unspecified atom stereocenters. The number of carboxylic acids is 1. The van der Waals surface area contributed by atoms with Crippen molar-refractivity contribution in [1.29, 1.82) is 0 Å². The van der Waals surface area contributed by atoms with Gasteiger partial charge in [0.2, 0.25) is 0 Å². The van der Waals surface area contributed by atoms with Gasteiger partial charge in [0.25, 0.3) is 0 Å². The Kier molecular flexibility index (Phi) is 7.41. The summed E-state index contributed by atoms with van der Waals surface area (Å²) < 4.78 is 0. The number of rotatable bonds is 5. The lowest BCUT2D eigenvalue weighted by molar-refractivity contribution is -0.137. The molecule has 0 spiro atoms. The van der Waals surface area contributed by atoms with E-state index in [9.17, 15) is 4.79 Å². The molecular weight excluding hydrogens is 156 g/mol. The number of aliphatic hydroxyl groups is 1. The summed E-state index contributed by atoms with van der Waals surface area (Å²) in [5.74, 6) is 4.57. The standard InChI is InChI=1S/C9H14O3/c10-8-6-4-2-1-3-5-7-9(11)12/h10H,1-3,5,7-8H2,(H,11,12). The molecule has 3 nitrogen and oxygen atoms in total. The van der Waals surface area contributed by atoms with Crippen LogP contribution in [0.15, 0.2) is 0 Å². The molecule has 0 amide bonds. The Balaban J connectivity index is 3.06. The maximum atomic E-state index is 10.1. The van der Waals surface area contributed by atoms with E-state index in [4.69, 9.17) is 10.2 Å². The van der Waals surface area contributed by atoms with Crippen LogP contribution in [0.2, 0.25) is 0 Å². The lowest BCUT2D eigenvalue weighted by Gasteiger charge is -1.93. The van der Waals surface area contributed by atoms with Crippen LogP contribution >= 0.6 is 0 Å². The van der Waals surface area contributed by atoms with Crippen molar-refractivity contribution in [1.82, 2.24) is 0 Å². The van der Waals surface area contributed by atoms with E-state index >= 15 is 0 Å². The highest BCUT2D eigenvalue weighted by Crippen LogP contribution is 2.01. The second kappa shape index (κ2) is 8.09. The minimum Gasteiger partial charge on any atom is -0.481 e. The molecule has 0 aliphatic rings. The fourth-order valence-electron chi connectivity index (χ4n) is 0.811. The fourth-order valence-corrected chi connectivity index (χ4v) is 0.811. The van der Waals surface area contributed by atoms with Gasteiger partial charge in [-0.15, -0.1) is 5.92 Å². The summed E-state index contributed by atoms with van der Waals surface area (Å²) in [6, 6.07) is 0. The van der Waals surface area contributed by atoms with Gasteiger partial charge in [0.1, 0.15) is 6.61 Å². The normalized spacial score (nSPS) is 8.75. The predicted molar refractivity (Wildman–Crippen MR) is 45.6 cm³/mol. The molecule has 0 aromatic heterocycles. The Morgan fingerprint density at radius 2 is 1.92 bits per heavy atom. The zero-order valence-corrected chi connectivity index (χ0v) is 7.05. The smallest absolute Gasteiger partial charge is 0.303 e. The molecule has 0 saturated heterocycles. The maximum Gasteiger partial charge on any atom is 0.303 e.